The molecule has 1 atom stereocenters. The first-order valence-electron chi connectivity index (χ1n) is 8.48. The number of carbonyl (C=O) groups is 2. The highest BCUT2D eigenvalue weighted by molar-refractivity contribution is 5.80. The second-order valence-electron chi connectivity index (χ2n) is 6.34. The Bertz CT molecular complexity index is 370. The van der Waals surface area contributed by atoms with Crippen molar-refractivity contribution in [2.24, 2.45) is 5.92 Å². The van der Waals surface area contributed by atoms with E-state index in [4.69, 9.17) is 4.74 Å². The largest absolute Gasteiger partial charge is 0.383 e. The lowest BCUT2D eigenvalue weighted by molar-refractivity contribution is -0.135. The molecule has 2 rings (SSSR count). The van der Waals surface area contributed by atoms with E-state index in [0.717, 1.165) is 25.8 Å². The predicted molar refractivity (Wildman–Crippen MR) is 84.4 cm³/mol. The summed E-state index contributed by atoms with van der Waals surface area (Å²) in [5.74, 6) is 0.515. The van der Waals surface area contributed by atoms with E-state index in [2.05, 4.69) is 10.6 Å². The molecule has 2 fully saturated rings. The van der Waals surface area contributed by atoms with Crippen LogP contribution in [0.4, 0.5) is 0 Å². The first-order chi connectivity index (χ1) is 10.7. The monoisotopic (exact) mass is 311 g/mol. The molecule has 2 aliphatic rings. The lowest BCUT2D eigenvalue weighted by atomic mass is 9.88. The molecule has 6 nitrogen and oxygen atoms in total. The fraction of sp³-hybridized carbons (Fsp3) is 0.875. The van der Waals surface area contributed by atoms with E-state index >= 15 is 0 Å². The fourth-order valence-electron chi connectivity index (χ4n) is 3.34. The summed E-state index contributed by atoms with van der Waals surface area (Å²) in [5.41, 5.74) is 0. The van der Waals surface area contributed by atoms with Crippen LogP contribution in [0, 0.1) is 5.92 Å². The number of hydrogen-bond donors (Lipinski definition) is 2. The zero-order valence-electron chi connectivity index (χ0n) is 13.6. The van der Waals surface area contributed by atoms with Crippen LogP contribution in [0.25, 0.3) is 0 Å². The van der Waals surface area contributed by atoms with Crippen LogP contribution in [0.1, 0.15) is 38.5 Å². The number of ether oxygens (including phenoxy) is 1. The van der Waals surface area contributed by atoms with Crippen molar-refractivity contribution in [1.82, 2.24) is 15.5 Å². The number of rotatable bonds is 7. The zero-order valence-corrected chi connectivity index (χ0v) is 13.6. The summed E-state index contributed by atoms with van der Waals surface area (Å²) in [4.78, 5) is 26.2. The minimum Gasteiger partial charge on any atom is -0.383 e. The summed E-state index contributed by atoms with van der Waals surface area (Å²) >= 11 is 0. The van der Waals surface area contributed by atoms with Gasteiger partial charge in [-0.25, -0.2) is 0 Å². The summed E-state index contributed by atoms with van der Waals surface area (Å²) in [7, 11) is 1.64. The van der Waals surface area contributed by atoms with E-state index in [0.29, 0.717) is 32.1 Å². The second kappa shape index (κ2) is 9.10. The molecule has 1 aliphatic carbocycles. The highest BCUT2D eigenvalue weighted by Gasteiger charge is 2.31. The first kappa shape index (κ1) is 17.2. The topological polar surface area (TPSA) is 70.7 Å². The van der Waals surface area contributed by atoms with E-state index in [1.54, 1.807) is 7.11 Å². The number of nitrogens with one attached hydrogen (secondary N) is 2. The normalized spacial score (nSPS) is 22.8. The zero-order chi connectivity index (χ0) is 15.8. The van der Waals surface area contributed by atoms with E-state index in [-0.39, 0.29) is 17.9 Å². The van der Waals surface area contributed by atoms with Crippen LogP contribution in [-0.2, 0) is 14.3 Å². The van der Waals surface area contributed by atoms with Gasteiger partial charge in [-0.3, -0.25) is 9.59 Å². The second-order valence-corrected chi connectivity index (χ2v) is 6.34. The molecule has 1 unspecified atom stereocenters. The van der Waals surface area contributed by atoms with Crippen LogP contribution in [0.5, 0.6) is 0 Å². The van der Waals surface area contributed by atoms with Crippen LogP contribution in [0.3, 0.4) is 0 Å². The predicted octanol–water partition coefficient (Wildman–Crippen LogP) is 0.520. The van der Waals surface area contributed by atoms with Crippen molar-refractivity contribution in [3.8, 4) is 0 Å². The van der Waals surface area contributed by atoms with Crippen molar-refractivity contribution in [2.45, 2.75) is 44.6 Å². The quantitative estimate of drug-likeness (QED) is 0.673. The van der Waals surface area contributed by atoms with Gasteiger partial charge in [0.2, 0.25) is 11.8 Å². The maximum Gasteiger partial charge on any atom is 0.234 e. The molecule has 1 saturated heterocycles. The molecular formula is C16H29N3O3. The van der Waals surface area contributed by atoms with Crippen LogP contribution in [0.15, 0.2) is 0 Å². The minimum absolute atomic E-state index is 0.00642. The Morgan fingerprint density at radius 2 is 1.95 bits per heavy atom. The average molecular weight is 311 g/mol. The molecule has 2 N–H and O–H groups in total. The Morgan fingerprint density at radius 3 is 2.68 bits per heavy atom. The van der Waals surface area contributed by atoms with E-state index in [1.165, 1.54) is 19.3 Å². The molecule has 126 valence electrons. The number of nitrogens with zero attached hydrogens (tertiary/aromatic N) is 1. The minimum atomic E-state index is -0.00642. The molecule has 1 aliphatic heterocycles. The number of likely N-dealkylation sites (tertiary alicyclic amines) is 1. The fourth-order valence-corrected chi connectivity index (χ4v) is 3.34. The van der Waals surface area contributed by atoms with Crippen molar-refractivity contribution >= 4 is 11.8 Å². The molecule has 2 amide bonds. The highest BCUT2D eigenvalue weighted by atomic mass is 16.5. The van der Waals surface area contributed by atoms with Crippen molar-refractivity contribution in [1.29, 1.82) is 0 Å². The van der Waals surface area contributed by atoms with Gasteiger partial charge in [0, 0.05) is 38.7 Å². The Labute approximate surface area is 132 Å². The van der Waals surface area contributed by atoms with E-state index in [9.17, 15) is 9.59 Å². The maximum atomic E-state index is 12.5. The maximum absolute atomic E-state index is 12.5. The molecule has 0 aromatic carbocycles. The van der Waals surface area contributed by atoms with Gasteiger partial charge in [-0.1, -0.05) is 19.3 Å². The number of hydrogen-bond acceptors (Lipinski definition) is 4. The van der Waals surface area contributed by atoms with Gasteiger partial charge in [0.15, 0.2) is 0 Å². The molecule has 0 spiro atoms. The van der Waals surface area contributed by atoms with Crippen molar-refractivity contribution < 1.29 is 14.3 Å². The number of amides is 2. The average Bonchev–Trinajstić information content (AvgIpc) is 3.00. The molecule has 22 heavy (non-hydrogen) atoms. The van der Waals surface area contributed by atoms with Gasteiger partial charge >= 0.3 is 0 Å². The Morgan fingerprint density at radius 1 is 1.18 bits per heavy atom. The summed E-state index contributed by atoms with van der Waals surface area (Å²) in [6.07, 6.45) is 6.56. The van der Waals surface area contributed by atoms with Crippen LogP contribution in [-0.4, -0.2) is 62.7 Å². The molecule has 6 heteroatoms. The summed E-state index contributed by atoms with van der Waals surface area (Å²) in [6, 6.07) is 0.101. The molecular weight excluding hydrogens is 282 g/mol. The Balaban J connectivity index is 1.66. The molecule has 1 heterocycles. The lowest BCUT2D eigenvalue weighted by Crippen LogP contribution is -2.43. The Hall–Kier alpha value is -1.14. The highest BCUT2D eigenvalue weighted by Crippen LogP contribution is 2.26. The lowest BCUT2D eigenvalue weighted by Gasteiger charge is -2.26. The smallest absolute Gasteiger partial charge is 0.234 e. The van der Waals surface area contributed by atoms with Gasteiger partial charge in [-0.05, 0) is 19.3 Å². The molecule has 0 radical (unpaired) electrons. The summed E-state index contributed by atoms with van der Waals surface area (Å²) in [5, 5.41) is 6.04. The van der Waals surface area contributed by atoms with Crippen molar-refractivity contribution in [3.63, 3.8) is 0 Å². The van der Waals surface area contributed by atoms with Gasteiger partial charge in [0.25, 0.3) is 0 Å². The third-order valence-corrected chi connectivity index (χ3v) is 4.59. The Kier molecular flexibility index (Phi) is 7.12. The van der Waals surface area contributed by atoms with E-state index < -0.39 is 0 Å². The summed E-state index contributed by atoms with van der Waals surface area (Å²) < 4.78 is 4.92. The summed E-state index contributed by atoms with van der Waals surface area (Å²) in [6.45, 7) is 3.01. The van der Waals surface area contributed by atoms with Crippen LogP contribution in [0.2, 0.25) is 0 Å². The molecule has 0 aromatic heterocycles. The standard InChI is InChI=1S/C16H29N3O3/c1-22-10-8-17-11-15(20)18-14-7-9-19(12-14)16(21)13-5-3-2-4-6-13/h13-14,17H,2-12H2,1H3,(H,18,20). The van der Waals surface area contributed by atoms with Crippen LogP contribution < -0.4 is 10.6 Å². The van der Waals surface area contributed by atoms with Crippen molar-refractivity contribution in [3.05, 3.63) is 0 Å². The first-order valence-corrected chi connectivity index (χ1v) is 8.48. The molecule has 0 aromatic rings. The molecule has 0 bridgehead atoms. The number of carbonyl (C=O) groups excluding carboxylic acids is 2. The number of methoxy groups -OCH3 is 1. The van der Waals surface area contributed by atoms with Crippen LogP contribution >= 0.6 is 0 Å². The van der Waals surface area contributed by atoms with E-state index in [1.807, 2.05) is 4.90 Å². The van der Waals surface area contributed by atoms with Gasteiger partial charge < -0.3 is 20.3 Å². The SMILES string of the molecule is COCCNCC(=O)NC1CCN(C(=O)C2CCCCC2)C1. The molecule has 1 saturated carbocycles. The van der Waals surface area contributed by atoms with Gasteiger partial charge in [0.05, 0.1) is 13.2 Å². The van der Waals surface area contributed by atoms with Gasteiger partial charge in [0.1, 0.15) is 0 Å². The van der Waals surface area contributed by atoms with Gasteiger partial charge in [-0.15, -0.1) is 0 Å². The van der Waals surface area contributed by atoms with Gasteiger partial charge in [-0.2, -0.15) is 0 Å². The van der Waals surface area contributed by atoms with Crippen molar-refractivity contribution in [2.75, 3.05) is 39.9 Å². The third-order valence-electron chi connectivity index (χ3n) is 4.59. The third kappa shape index (κ3) is 5.25.